The fourth-order valence-corrected chi connectivity index (χ4v) is 9.08. The van der Waals surface area contributed by atoms with E-state index in [2.05, 4.69) is 17.0 Å². The van der Waals surface area contributed by atoms with Crippen molar-refractivity contribution in [3.63, 3.8) is 0 Å². The lowest BCUT2D eigenvalue weighted by molar-refractivity contribution is -0.00814. The largest absolute Gasteiger partial charge is 0.441 e. The van der Waals surface area contributed by atoms with Crippen molar-refractivity contribution >= 4 is 27.7 Å². The average Bonchev–Trinajstić information content (AvgIpc) is 3.82. The van der Waals surface area contributed by atoms with Crippen molar-refractivity contribution in [3.05, 3.63) is 101 Å². The highest BCUT2D eigenvalue weighted by atomic mass is 35.5. The van der Waals surface area contributed by atoms with Gasteiger partial charge in [-0.25, -0.2) is 22.0 Å². The maximum Gasteiger partial charge on any atom is 0.410 e. The number of rotatable bonds is 7. The van der Waals surface area contributed by atoms with E-state index >= 15 is 0 Å². The molecule has 11 heteroatoms. The SMILES string of the molecule is O=C(OC1([C@H]2CCC[C@@H](c3cccc(F)c3)N2S(=O)(=O)c2ccc(F)cc2Cl)CC1)N1CCCN(Cc2ccccc2)CC1. The summed E-state index contributed by atoms with van der Waals surface area (Å²) >= 11 is 6.29. The molecule has 0 aromatic heterocycles. The summed E-state index contributed by atoms with van der Waals surface area (Å²) in [4.78, 5) is 17.4. The molecular formula is C33H36ClF2N3O4S. The molecule has 0 N–H and O–H groups in total. The van der Waals surface area contributed by atoms with Gasteiger partial charge in [0.2, 0.25) is 10.0 Å². The van der Waals surface area contributed by atoms with Crippen LogP contribution in [0, 0.1) is 11.6 Å². The van der Waals surface area contributed by atoms with Crippen LogP contribution in [0.1, 0.15) is 55.7 Å². The van der Waals surface area contributed by atoms with Crippen molar-refractivity contribution in [2.24, 2.45) is 0 Å². The quantitative estimate of drug-likeness (QED) is 0.284. The summed E-state index contributed by atoms with van der Waals surface area (Å²) in [6.45, 7) is 3.41. The van der Waals surface area contributed by atoms with E-state index in [1.165, 1.54) is 22.0 Å². The molecule has 0 bridgehead atoms. The number of carbonyl (C=O) groups is 1. The fourth-order valence-electron chi connectivity index (χ4n) is 6.65. The molecule has 44 heavy (non-hydrogen) atoms. The molecule has 7 nitrogen and oxygen atoms in total. The predicted octanol–water partition coefficient (Wildman–Crippen LogP) is 6.78. The highest BCUT2D eigenvalue weighted by Gasteiger charge is 2.60. The summed E-state index contributed by atoms with van der Waals surface area (Å²) in [5, 5.41) is -0.237. The van der Waals surface area contributed by atoms with E-state index in [4.69, 9.17) is 16.3 Å². The van der Waals surface area contributed by atoms with Gasteiger partial charge < -0.3 is 9.64 Å². The minimum absolute atomic E-state index is 0.234. The van der Waals surface area contributed by atoms with Crippen molar-refractivity contribution in [2.45, 2.75) is 67.6 Å². The van der Waals surface area contributed by atoms with Gasteiger partial charge in [0, 0.05) is 32.7 Å². The van der Waals surface area contributed by atoms with Crippen LogP contribution in [0.25, 0.3) is 0 Å². The highest BCUT2D eigenvalue weighted by molar-refractivity contribution is 7.89. The van der Waals surface area contributed by atoms with E-state index in [9.17, 15) is 22.0 Å². The van der Waals surface area contributed by atoms with Gasteiger partial charge in [-0.3, -0.25) is 4.90 Å². The number of halogens is 3. The molecule has 2 atom stereocenters. The van der Waals surface area contributed by atoms with Gasteiger partial charge in [0.15, 0.2) is 0 Å². The van der Waals surface area contributed by atoms with Crippen LogP contribution < -0.4 is 0 Å². The Morgan fingerprint density at radius 2 is 1.66 bits per heavy atom. The molecule has 234 valence electrons. The molecule has 3 aliphatic rings. The van der Waals surface area contributed by atoms with E-state index in [0.29, 0.717) is 57.3 Å². The molecule has 2 heterocycles. The van der Waals surface area contributed by atoms with Gasteiger partial charge in [-0.15, -0.1) is 0 Å². The lowest BCUT2D eigenvalue weighted by Gasteiger charge is -2.44. The molecule has 3 fully saturated rings. The number of benzene rings is 3. The highest BCUT2D eigenvalue weighted by Crippen LogP contribution is 2.53. The van der Waals surface area contributed by atoms with Gasteiger partial charge in [-0.2, -0.15) is 4.31 Å². The Hall–Kier alpha value is -3.05. The molecule has 1 saturated carbocycles. The van der Waals surface area contributed by atoms with E-state index < -0.39 is 45.4 Å². The Morgan fingerprint density at radius 1 is 0.886 bits per heavy atom. The number of sulfonamides is 1. The van der Waals surface area contributed by atoms with E-state index in [1.54, 1.807) is 17.0 Å². The second-order valence-electron chi connectivity index (χ2n) is 12.0. The zero-order valence-corrected chi connectivity index (χ0v) is 26.0. The number of amides is 1. The van der Waals surface area contributed by atoms with Crippen LogP contribution in [0.2, 0.25) is 5.02 Å². The first-order chi connectivity index (χ1) is 21.2. The van der Waals surface area contributed by atoms with Crippen molar-refractivity contribution in [1.29, 1.82) is 0 Å². The van der Waals surface area contributed by atoms with Gasteiger partial charge in [-0.05, 0) is 80.0 Å². The maximum atomic E-state index is 14.4. The Balaban J connectivity index is 1.25. The Bertz CT molecular complexity index is 1610. The lowest BCUT2D eigenvalue weighted by Crippen LogP contribution is -2.54. The van der Waals surface area contributed by atoms with Gasteiger partial charge in [0.1, 0.15) is 22.1 Å². The molecule has 2 saturated heterocycles. The van der Waals surface area contributed by atoms with Crippen LogP contribution in [-0.2, 0) is 21.3 Å². The second kappa shape index (κ2) is 12.7. The van der Waals surface area contributed by atoms with Crippen LogP contribution in [-0.4, -0.2) is 66.4 Å². The fraction of sp³-hybridized carbons (Fsp3) is 0.424. The Morgan fingerprint density at radius 3 is 2.39 bits per heavy atom. The van der Waals surface area contributed by atoms with Gasteiger partial charge >= 0.3 is 6.09 Å². The van der Waals surface area contributed by atoms with E-state index in [0.717, 1.165) is 37.7 Å². The average molecular weight is 644 g/mol. The molecule has 1 amide bonds. The van der Waals surface area contributed by atoms with Crippen LogP contribution in [0.15, 0.2) is 77.7 Å². The zero-order chi connectivity index (χ0) is 30.9. The van der Waals surface area contributed by atoms with Crippen LogP contribution in [0.3, 0.4) is 0 Å². The van der Waals surface area contributed by atoms with Gasteiger partial charge in [0.05, 0.1) is 17.1 Å². The number of ether oxygens (including phenoxy) is 1. The molecule has 1 aliphatic carbocycles. The molecule has 3 aromatic carbocycles. The minimum Gasteiger partial charge on any atom is -0.441 e. The smallest absolute Gasteiger partial charge is 0.410 e. The second-order valence-corrected chi connectivity index (χ2v) is 14.2. The lowest BCUT2D eigenvalue weighted by atomic mass is 9.90. The molecule has 3 aromatic rings. The Labute approximate surface area is 262 Å². The van der Waals surface area contributed by atoms with E-state index in [-0.39, 0.29) is 9.92 Å². The summed E-state index contributed by atoms with van der Waals surface area (Å²) in [5.41, 5.74) is 0.705. The molecule has 0 radical (unpaired) electrons. The third-order valence-electron chi connectivity index (χ3n) is 8.99. The summed E-state index contributed by atoms with van der Waals surface area (Å²) in [7, 11) is -4.31. The van der Waals surface area contributed by atoms with Crippen LogP contribution in [0.4, 0.5) is 13.6 Å². The topological polar surface area (TPSA) is 70.2 Å². The minimum atomic E-state index is -4.31. The summed E-state index contributed by atoms with van der Waals surface area (Å²) < 4.78 is 64.6. The first-order valence-corrected chi connectivity index (χ1v) is 17.0. The summed E-state index contributed by atoms with van der Waals surface area (Å²) in [6.07, 6.45) is 2.94. The number of nitrogens with zero attached hydrogens (tertiary/aromatic N) is 3. The standard InChI is InChI=1S/C33H36ClF2N3O4S/c34-28-22-27(36)13-14-30(28)44(41,42)39-29(25-9-4-10-26(35)21-25)11-5-12-31(39)33(15-16-33)43-32(40)38-18-6-17-37(19-20-38)23-24-7-2-1-3-8-24/h1-4,7-10,13-14,21-22,29,31H,5-6,11-12,15-20,23H2/t29-,31+/m0/s1. The molecule has 0 spiro atoms. The first-order valence-electron chi connectivity index (χ1n) is 15.1. The zero-order valence-electron chi connectivity index (χ0n) is 24.4. The number of piperidine rings is 1. The van der Waals surface area contributed by atoms with Crippen molar-refractivity contribution in [3.8, 4) is 0 Å². The van der Waals surface area contributed by atoms with Crippen LogP contribution in [0.5, 0.6) is 0 Å². The number of carbonyl (C=O) groups excluding carboxylic acids is 1. The first kappa shape index (κ1) is 31.0. The number of hydrogen-bond donors (Lipinski definition) is 0. The number of hydrogen-bond acceptors (Lipinski definition) is 5. The molecular weight excluding hydrogens is 608 g/mol. The maximum absolute atomic E-state index is 14.4. The monoisotopic (exact) mass is 643 g/mol. The van der Waals surface area contributed by atoms with Crippen LogP contribution >= 0.6 is 11.6 Å². The Kier molecular flexibility index (Phi) is 8.97. The third-order valence-corrected chi connectivity index (χ3v) is 11.4. The third kappa shape index (κ3) is 6.49. The van der Waals surface area contributed by atoms with Crippen molar-refractivity contribution in [1.82, 2.24) is 14.1 Å². The van der Waals surface area contributed by atoms with E-state index in [1.807, 2.05) is 18.2 Å². The molecule has 0 unspecified atom stereocenters. The van der Waals surface area contributed by atoms with Gasteiger partial charge in [-0.1, -0.05) is 54.1 Å². The molecule has 2 aliphatic heterocycles. The van der Waals surface area contributed by atoms with Crippen molar-refractivity contribution in [2.75, 3.05) is 26.2 Å². The van der Waals surface area contributed by atoms with Gasteiger partial charge in [0.25, 0.3) is 0 Å². The summed E-state index contributed by atoms with van der Waals surface area (Å²) in [5.74, 6) is -1.13. The molecule has 6 rings (SSSR count). The van der Waals surface area contributed by atoms with Crippen molar-refractivity contribution < 1.29 is 26.7 Å². The summed E-state index contributed by atoms with van der Waals surface area (Å²) in [6, 6.07) is 17.9. The predicted molar refractivity (Wildman–Crippen MR) is 164 cm³/mol. The normalized spacial score (nSPS) is 22.8.